The summed E-state index contributed by atoms with van der Waals surface area (Å²) in [4.78, 5) is 9.70. The Balaban J connectivity index is 3.08. The average Bonchev–Trinajstić information content (AvgIpc) is 2.67. The van der Waals surface area contributed by atoms with Crippen LogP contribution >= 0.6 is 7.26 Å². The summed E-state index contributed by atoms with van der Waals surface area (Å²) in [6.45, 7) is 25.3. The van der Waals surface area contributed by atoms with E-state index in [0.717, 1.165) is 33.5 Å². The third-order valence-corrected chi connectivity index (χ3v) is 16.1. The van der Waals surface area contributed by atoms with Crippen LogP contribution in [0.15, 0.2) is 24.3 Å². The van der Waals surface area contributed by atoms with Crippen molar-refractivity contribution in [3.8, 4) is 11.3 Å². The largest absolute Gasteiger partial charge is 0.241 e. The van der Waals surface area contributed by atoms with Gasteiger partial charge >= 0.3 is 0 Å². The Morgan fingerprint density at radius 1 is 0.889 bits per heavy atom. The van der Waals surface area contributed by atoms with Crippen molar-refractivity contribution in [3.63, 3.8) is 0 Å². The highest BCUT2D eigenvalue weighted by Crippen LogP contribution is 2.85. The molecule has 2 rings (SSSR count). The van der Waals surface area contributed by atoms with Gasteiger partial charge in [-0.25, -0.2) is 27.1 Å². The van der Waals surface area contributed by atoms with Crippen molar-refractivity contribution in [2.75, 3.05) is 17.6 Å². The molecule has 0 atom stereocenters. The van der Waals surface area contributed by atoms with Crippen molar-refractivity contribution in [1.82, 2.24) is 9.97 Å². The summed E-state index contributed by atoms with van der Waals surface area (Å²) in [5, 5.41) is 0.0418. The average molecular weight is 539 g/mol. The first kappa shape index (κ1) is 30.6. The second-order valence-electron chi connectivity index (χ2n) is 13.1. The number of benzene rings is 1. The molecule has 0 N–H and O–H groups in total. The Labute approximate surface area is 219 Å². The van der Waals surface area contributed by atoms with Gasteiger partial charge in [0.15, 0.2) is 0 Å². The fourth-order valence-electron chi connectivity index (χ4n) is 6.23. The van der Waals surface area contributed by atoms with Crippen LogP contribution in [0.2, 0.25) is 0 Å². The summed E-state index contributed by atoms with van der Waals surface area (Å²) < 4.78 is 39.9. The number of hydrogen-bond acceptors (Lipinski definition) is 4. The van der Waals surface area contributed by atoms with Gasteiger partial charge in [-0.05, 0) is 92.5 Å². The molecule has 0 unspecified atom stereocenters. The fourth-order valence-corrected chi connectivity index (χ4v) is 14.9. The van der Waals surface area contributed by atoms with E-state index in [4.69, 9.17) is 9.97 Å². The Morgan fingerprint density at radius 2 is 1.33 bits per heavy atom. The highest BCUT2D eigenvalue weighted by Gasteiger charge is 2.64. The molecule has 36 heavy (non-hydrogen) atoms. The first-order chi connectivity index (χ1) is 16.0. The zero-order chi connectivity index (χ0) is 28.1. The molecule has 0 bridgehead atoms. The van der Waals surface area contributed by atoms with Crippen LogP contribution in [0.4, 0.5) is 10.3 Å². The van der Waals surface area contributed by atoms with Crippen molar-refractivity contribution < 1.29 is 12.8 Å². The number of aromatic nitrogens is 2. The predicted molar refractivity (Wildman–Crippen MR) is 155 cm³/mol. The fraction of sp³-hybridized carbons (Fsp3) is 0.643. The summed E-state index contributed by atoms with van der Waals surface area (Å²) in [6.07, 6.45) is 1.94. The molecule has 1 heterocycles. The highest BCUT2D eigenvalue weighted by atomic mass is 32.2. The van der Waals surface area contributed by atoms with Crippen molar-refractivity contribution in [2.45, 2.75) is 104 Å². The lowest BCUT2D eigenvalue weighted by Crippen LogP contribution is -2.45. The number of nitrogens with zero attached hydrogens (tertiary/aromatic N) is 3. The number of sulfonamides is 1. The van der Waals surface area contributed by atoms with Crippen molar-refractivity contribution in [2.24, 2.45) is 0 Å². The lowest BCUT2D eigenvalue weighted by molar-refractivity contribution is 0.599. The number of halogens is 1. The molecule has 5 nitrogen and oxygen atoms in total. The maximum atomic E-state index is 13.9. The van der Waals surface area contributed by atoms with Crippen molar-refractivity contribution in [3.05, 3.63) is 41.3 Å². The second-order valence-corrected chi connectivity index (χ2v) is 21.1. The van der Waals surface area contributed by atoms with Gasteiger partial charge in [0.25, 0.3) is 0 Å². The van der Waals surface area contributed by atoms with Crippen LogP contribution in [0, 0.1) is 5.82 Å². The van der Waals surface area contributed by atoms with Gasteiger partial charge in [-0.3, -0.25) is 0 Å². The SMILES string of the molecule is CC(C)c1nc(N(C)S(C)(=O)=O)nc(-c2ccc(F)cc2)c1C[P+](C(C)(C)C)(C(C)(C)C)C(C)(C)C. The third kappa shape index (κ3) is 5.78. The zero-order valence-corrected chi connectivity index (χ0v) is 26.2. The van der Waals surface area contributed by atoms with Gasteiger partial charge < -0.3 is 0 Å². The monoisotopic (exact) mass is 538 g/mol. The second kappa shape index (κ2) is 9.94. The molecule has 202 valence electrons. The number of hydrogen-bond donors (Lipinski definition) is 0. The molecule has 0 aliphatic carbocycles. The van der Waals surface area contributed by atoms with E-state index in [9.17, 15) is 12.8 Å². The van der Waals surface area contributed by atoms with Gasteiger partial charge in [0, 0.05) is 25.4 Å². The lowest BCUT2D eigenvalue weighted by Gasteiger charge is -2.54. The molecular formula is C28H46FN3O2PS+. The van der Waals surface area contributed by atoms with Gasteiger partial charge in [-0.1, -0.05) is 13.8 Å². The maximum absolute atomic E-state index is 13.9. The van der Waals surface area contributed by atoms with Crippen LogP contribution in [0.1, 0.15) is 93.3 Å². The molecule has 0 aliphatic heterocycles. The maximum Gasteiger partial charge on any atom is 0.239 e. The van der Waals surface area contributed by atoms with Crippen LogP contribution in [-0.4, -0.2) is 47.2 Å². The van der Waals surface area contributed by atoms with E-state index in [1.54, 1.807) is 12.1 Å². The Morgan fingerprint density at radius 3 is 1.69 bits per heavy atom. The van der Waals surface area contributed by atoms with E-state index in [1.165, 1.54) is 19.2 Å². The molecule has 2 aromatic rings. The van der Waals surface area contributed by atoms with E-state index in [0.29, 0.717) is 5.69 Å². The Hall–Kier alpha value is -1.59. The molecule has 0 spiro atoms. The molecule has 8 heteroatoms. The Bertz CT molecular complexity index is 1150. The predicted octanol–water partition coefficient (Wildman–Crippen LogP) is 7.72. The molecular weight excluding hydrogens is 492 g/mol. The minimum atomic E-state index is -3.57. The summed E-state index contributed by atoms with van der Waals surface area (Å²) in [6, 6.07) is 6.30. The molecule has 0 aliphatic rings. The van der Waals surface area contributed by atoms with Crippen LogP contribution < -0.4 is 4.31 Å². The van der Waals surface area contributed by atoms with E-state index in [2.05, 4.69) is 76.2 Å². The molecule has 0 saturated carbocycles. The van der Waals surface area contributed by atoms with Gasteiger partial charge in [0.05, 0.1) is 39.3 Å². The number of anilines is 1. The number of rotatable bonds is 6. The Kier molecular flexibility index (Phi) is 8.46. The summed E-state index contributed by atoms with van der Waals surface area (Å²) >= 11 is 0. The smallest absolute Gasteiger partial charge is 0.239 e. The summed E-state index contributed by atoms with van der Waals surface area (Å²) in [5.41, 5.74) is 3.32. The zero-order valence-electron chi connectivity index (χ0n) is 24.5. The molecule has 0 amide bonds. The van der Waals surface area contributed by atoms with Crippen LogP contribution in [0.25, 0.3) is 11.3 Å². The van der Waals surface area contributed by atoms with E-state index in [1.807, 2.05) is 0 Å². The molecule has 0 radical (unpaired) electrons. The van der Waals surface area contributed by atoms with Crippen LogP contribution in [0.5, 0.6) is 0 Å². The van der Waals surface area contributed by atoms with E-state index >= 15 is 0 Å². The van der Waals surface area contributed by atoms with Gasteiger partial charge in [-0.2, -0.15) is 0 Å². The van der Waals surface area contributed by atoms with Crippen LogP contribution in [0.3, 0.4) is 0 Å². The van der Waals surface area contributed by atoms with Crippen molar-refractivity contribution >= 4 is 23.2 Å². The minimum Gasteiger partial charge on any atom is -0.241 e. The topological polar surface area (TPSA) is 63.2 Å². The standard InChI is InChI=1S/C28H46FN3O2PS/c1-19(2)23-22(18-35(26(3,4)5,27(6,7)8)28(9,10)11)24(20-14-16-21(29)17-15-20)31-25(30-23)32(12)36(13,33)34/h14-17,19H,18H2,1-13H3/q+1. The van der Waals surface area contributed by atoms with Gasteiger partial charge in [0.2, 0.25) is 16.0 Å². The quantitative estimate of drug-likeness (QED) is 0.353. The molecule has 1 aromatic heterocycles. The molecule has 0 saturated heterocycles. The van der Waals surface area contributed by atoms with Crippen molar-refractivity contribution in [1.29, 1.82) is 0 Å². The summed E-state index contributed by atoms with van der Waals surface area (Å²) in [5.74, 6) is -0.154. The molecule has 0 fully saturated rings. The first-order valence-corrected chi connectivity index (χ1v) is 16.4. The van der Waals surface area contributed by atoms with Gasteiger partial charge in [0.1, 0.15) is 5.82 Å². The van der Waals surface area contributed by atoms with Crippen LogP contribution in [-0.2, 0) is 16.2 Å². The summed E-state index contributed by atoms with van der Waals surface area (Å²) in [7, 11) is -3.94. The van der Waals surface area contributed by atoms with Gasteiger partial charge in [-0.15, -0.1) is 0 Å². The lowest BCUT2D eigenvalue weighted by atomic mass is 9.99. The molecule has 1 aromatic carbocycles. The van der Waals surface area contributed by atoms with E-state index < -0.39 is 17.3 Å². The van der Waals surface area contributed by atoms with E-state index in [-0.39, 0.29) is 33.2 Å². The highest BCUT2D eigenvalue weighted by molar-refractivity contribution is 7.92. The minimum absolute atomic E-state index is 0.0139. The third-order valence-electron chi connectivity index (χ3n) is 7.30. The first-order valence-electron chi connectivity index (χ1n) is 12.5. The normalized spacial score (nSPS) is 13.9.